The molecular formula is C16H19N3O3. The Morgan fingerprint density at radius 3 is 2.68 bits per heavy atom. The van der Waals surface area contributed by atoms with Crippen molar-refractivity contribution >= 4 is 5.97 Å². The average Bonchev–Trinajstić information content (AvgIpc) is 3.10. The first kappa shape index (κ1) is 14.7. The molecule has 1 atom stereocenters. The predicted octanol–water partition coefficient (Wildman–Crippen LogP) is 2.38. The maximum Gasteiger partial charge on any atom is 0.338 e. The third kappa shape index (κ3) is 3.71. The van der Waals surface area contributed by atoms with Crippen molar-refractivity contribution in [1.29, 1.82) is 0 Å². The molecule has 2 aromatic rings. The zero-order valence-corrected chi connectivity index (χ0v) is 12.4. The van der Waals surface area contributed by atoms with Gasteiger partial charge in [-0.3, -0.25) is 4.57 Å². The number of aromatic nitrogens is 3. The van der Waals surface area contributed by atoms with Crippen LogP contribution in [0.5, 0.6) is 0 Å². The molecule has 0 bridgehead atoms. The molecule has 6 heteroatoms. The maximum atomic E-state index is 12.0. The highest BCUT2D eigenvalue weighted by molar-refractivity contribution is 5.89. The summed E-state index contributed by atoms with van der Waals surface area (Å²) in [5, 5.41) is 7.50. The van der Waals surface area contributed by atoms with Crippen molar-refractivity contribution in [1.82, 2.24) is 14.8 Å². The number of hydrogen-bond donors (Lipinski definition) is 0. The minimum atomic E-state index is -0.300. The van der Waals surface area contributed by atoms with Crippen LogP contribution >= 0.6 is 0 Å². The van der Waals surface area contributed by atoms with Gasteiger partial charge in [-0.2, -0.15) is 0 Å². The Hall–Kier alpha value is -2.21. The predicted molar refractivity (Wildman–Crippen MR) is 79.8 cm³/mol. The van der Waals surface area contributed by atoms with Crippen LogP contribution < -0.4 is 0 Å². The molecule has 1 fully saturated rings. The van der Waals surface area contributed by atoms with Gasteiger partial charge in [0.25, 0.3) is 0 Å². The fraction of sp³-hybridized carbons (Fsp3) is 0.438. The molecule has 0 spiro atoms. The average molecular weight is 301 g/mol. The number of ether oxygens (including phenoxy) is 2. The van der Waals surface area contributed by atoms with Gasteiger partial charge in [-0.05, 0) is 43.5 Å². The van der Waals surface area contributed by atoms with Crippen molar-refractivity contribution < 1.29 is 14.3 Å². The molecule has 1 aromatic carbocycles. The van der Waals surface area contributed by atoms with Crippen LogP contribution in [0.15, 0.2) is 36.9 Å². The Morgan fingerprint density at radius 1 is 1.23 bits per heavy atom. The molecule has 1 aliphatic heterocycles. The summed E-state index contributed by atoms with van der Waals surface area (Å²) in [4.78, 5) is 12.0. The highest BCUT2D eigenvalue weighted by Crippen LogP contribution is 2.16. The van der Waals surface area contributed by atoms with Crippen molar-refractivity contribution in [3.05, 3.63) is 42.5 Å². The molecule has 0 saturated carbocycles. The van der Waals surface area contributed by atoms with Gasteiger partial charge < -0.3 is 9.47 Å². The molecule has 1 aliphatic rings. The third-order valence-electron chi connectivity index (χ3n) is 3.77. The summed E-state index contributed by atoms with van der Waals surface area (Å²) < 4.78 is 12.7. The zero-order chi connectivity index (χ0) is 15.2. The van der Waals surface area contributed by atoms with Crippen LogP contribution in [-0.4, -0.2) is 40.1 Å². The van der Waals surface area contributed by atoms with Crippen molar-refractivity contribution in [2.24, 2.45) is 0 Å². The van der Waals surface area contributed by atoms with Gasteiger partial charge in [0.05, 0.1) is 18.3 Å². The van der Waals surface area contributed by atoms with Crippen LogP contribution in [0, 0.1) is 0 Å². The molecule has 6 nitrogen and oxygen atoms in total. The van der Waals surface area contributed by atoms with Gasteiger partial charge in [-0.1, -0.05) is 0 Å². The van der Waals surface area contributed by atoms with Gasteiger partial charge in [-0.25, -0.2) is 4.79 Å². The van der Waals surface area contributed by atoms with E-state index < -0.39 is 0 Å². The summed E-state index contributed by atoms with van der Waals surface area (Å²) in [7, 11) is 0. The Morgan fingerprint density at radius 2 is 2.00 bits per heavy atom. The van der Waals surface area contributed by atoms with Gasteiger partial charge in [-0.15, -0.1) is 10.2 Å². The SMILES string of the molecule is O=C(OCC[C@@H]1CCCCO1)c1ccc(-n2cnnc2)cc1. The van der Waals surface area contributed by atoms with Crippen molar-refractivity contribution in [2.75, 3.05) is 13.2 Å². The van der Waals surface area contributed by atoms with E-state index in [1.165, 1.54) is 6.42 Å². The van der Waals surface area contributed by atoms with Gasteiger partial charge in [0, 0.05) is 18.7 Å². The molecule has 2 heterocycles. The van der Waals surface area contributed by atoms with E-state index in [1.807, 2.05) is 12.1 Å². The summed E-state index contributed by atoms with van der Waals surface area (Å²) in [6, 6.07) is 7.16. The van der Waals surface area contributed by atoms with Gasteiger partial charge in [0.15, 0.2) is 0 Å². The van der Waals surface area contributed by atoms with E-state index in [4.69, 9.17) is 9.47 Å². The summed E-state index contributed by atoms with van der Waals surface area (Å²) in [5.74, 6) is -0.300. The lowest BCUT2D eigenvalue weighted by Crippen LogP contribution is -2.21. The van der Waals surface area contributed by atoms with Crippen molar-refractivity contribution in [2.45, 2.75) is 31.8 Å². The quantitative estimate of drug-likeness (QED) is 0.793. The van der Waals surface area contributed by atoms with Crippen LogP contribution in [0.25, 0.3) is 5.69 Å². The van der Waals surface area contributed by atoms with E-state index >= 15 is 0 Å². The van der Waals surface area contributed by atoms with E-state index in [2.05, 4.69) is 10.2 Å². The fourth-order valence-electron chi connectivity index (χ4n) is 2.51. The highest BCUT2D eigenvalue weighted by Gasteiger charge is 2.15. The molecule has 3 rings (SSSR count). The van der Waals surface area contributed by atoms with Gasteiger partial charge >= 0.3 is 5.97 Å². The highest BCUT2D eigenvalue weighted by atomic mass is 16.5. The van der Waals surface area contributed by atoms with Gasteiger partial charge in [0.2, 0.25) is 0 Å². The van der Waals surface area contributed by atoms with Crippen LogP contribution in [0.1, 0.15) is 36.0 Å². The Labute approximate surface area is 129 Å². The lowest BCUT2D eigenvalue weighted by molar-refractivity contribution is -0.00445. The van der Waals surface area contributed by atoms with Crippen LogP contribution in [0.4, 0.5) is 0 Å². The molecular weight excluding hydrogens is 282 g/mol. The van der Waals surface area contributed by atoms with Crippen molar-refractivity contribution in [3.8, 4) is 5.69 Å². The number of esters is 1. The summed E-state index contributed by atoms with van der Waals surface area (Å²) in [5.41, 5.74) is 1.44. The Balaban J connectivity index is 1.49. The molecule has 22 heavy (non-hydrogen) atoms. The first-order chi connectivity index (χ1) is 10.8. The second kappa shape index (κ2) is 7.17. The fourth-order valence-corrected chi connectivity index (χ4v) is 2.51. The molecule has 0 aliphatic carbocycles. The lowest BCUT2D eigenvalue weighted by atomic mass is 10.1. The number of nitrogens with zero attached hydrogens (tertiary/aromatic N) is 3. The number of benzene rings is 1. The van der Waals surface area contributed by atoms with E-state index in [0.29, 0.717) is 12.2 Å². The minimum absolute atomic E-state index is 0.234. The minimum Gasteiger partial charge on any atom is -0.462 e. The van der Waals surface area contributed by atoms with E-state index in [1.54, 1.807) is 29.4 Å². The molecule has 0 N–H and O–H groups in total. The lowest BCUT2D eigenvalue weighted by Gasteiger charge is -2.22. The first-order valence-electron chi connectivity index (χ1n) is 7.57. The topological polar surface area (TPSA) is 66.2 Å². The second-order valence-electron chi connectivity index (χ2n) is 5.33. The smallest absolute Gasteiger partial charge is 0.338 e. The first-order valence-corrected chi connectivity index (χ1v) is 7.57. The van der Waals surface area contributed by atoms with Gasteiger partial charge in [0.1, 0.15) is 12.7 Å². The summed E-state index contributed by atoms with van der Waals surface area (Å²) in [6.45, 7) is 1.22. The third-order valence-corrected chi connectivity index (χ3v) is 3.77. The zero-order valence-electron chi connectivity index (χ0n) is 12.4. The molecule has 0 radical (unpaired) electrons. The Bertz CT molecular complexity index is 590. The number of hydrogen-bond acceptors (Lipinski definition) is 5. The number of carbonyl (C=O) groups is 1. The molecule has 1 saturated heterocycles. The van der Waals surface area contributed by atoms with Crippen LogP contribution in [0.2, 0.25) is 0 Å². The standard InChI is InChI=1S/C16H19N3O3/c20-16(22-10-8-15-3-1-2-9-21-15)13-4-6-14(7-5-13)19-11-17-18-12-19/h4-7,11-12,15H,1-3,8-10H2/t15-/m0/s1. The van der Waals surface area contributed by atoms with Crippen LogP contribution in [0.3, 0.4) is 0 Å². The van der Waals surface area contributed by atoms with E-state index in [0.717, 1.165) is 31.6 Å². The monoisotopic (exact) mass is 301 g/mol. The largest absolute Gasteiger partial charge is 0.462 e. The van der Waals surface area contributed by atoms with Crippen LogP contribution in [-0.2, 0) is 9.47 Å². The van der Waals surface area contributed by atoms with E-state index in [9.17, 15) is 4.79 Å². The summed E-state index contributed by atoms with van der Waals surface area (Å²) in [6.07, 6.45) is 7.61. The van der Waals surface area contributed by atoms with Crippen molar-refractivity contribution in [3.63, 3.8) is 0 Å². The second-order valence-corrected chi connectivity index (χ2v) is 5.33. The maximum absolute atomic E-state index is 12.0. The number of carbonyl (C=O) groups excluding carboxylic acids is 1. The molecule has 116 valence electrons. The molecule has 0 unspecified atom stereocenters. The Kier molecular flexibility index (Phi) is 4.80. The van der Waals surface area contributed by atoms with E-state index in [-0.39, 0.29) is 12.1 Å². The molecule has 0 amide bonds. The molecule has 1 aromatic heterocycles. The summed E-state index contributed by atoms with van der Waals surface area (Å²) >= 11 is 0. The number of rotatable bonds is 5. The normalized spacial score (nSPS) is 18.1.